The highest BCUT2D eigenvalue weighted by molar-refractivity contribution is 7.43. The Hall–Kier alpha value is -0.620. The summed E-state index contributed by atoms with van der Waals surface area (Å²) in [6.07, 6.45) is 1.91. The Morgan fingerprint density at radius 1 is 1.54 bits per heavy atom. The number of unbranched alkanes of at least 4 members (excludes halogenated alkanes) is 1. The van der Waals surface area contributed by atoms with Gasteiger partial charge in [0.15, 0.2) is 0 Å². The molecule has 0 rings (SSSR count). The van der Waals surface area contributed by atoms with Gasteiger partial charge in [-0.15, -0.1) is 0 Å². The van der Waals surface area contributed by atoms with Crippen LogP contribution in [0.5, 0.6) is 0 Å². The van der Waals surface area contributed by atoms with Gasteiger partial charge in [-0.1, -0.05) is 0 Å². The molecule has 5 N–H and O–H groups in total. The minimum Gasteiger partial charge on any atom is -0.756 e. The Labute approximate surface area is 75.2 Å². The molecule has 0 aliphatic rings. The SMILES string of the molecule is N=[N+]=NCCCCN.O=P([O-])(O)O. The fourth-order valence-electron chi connectivity index (χ4n) is 0.377. The van der Waals surface area contributed by atoms with Gasteiger partial charge < -0.3 is 20.4 Å². The predicted molar refractivity (Wildman–Crippen MR) is 42.5 cm³/mol. The van der Waals surface area contributed by atoms with Crippen LogP contribution in [0.15, 0.2) is 5.11 Å². The summed E-state index contributed by atoms with van der Waals surface area (Å²) in [4.78, 5) is 25.8. The highest BCUT2D eigenvalue weighted by Crippen LogP contribution is 2.18. The lowest BCUT2D eigenvalue weighted by Gasteiger charge is -2.01. The van der Waals surface area contributed by atoms with Crippen molar-refractivity contribution in [3.05, 3.63) is 0 Å². The number of nitrogens with zero attached hydrogens (tertiary/aromatic N) is 2. The van der Waals surface area contributed by atoms with Crippen LogP contribution in [-0.4, -0.2) is 22.9 Å². The smallest absolute Gasteiger partial charge is 0.262 e. The van der Waals surface area contributed by atoms with Crippen LogP contribution in [0.25, 0.3) is 0 Å². The van der Waals surface area contributed by atoms with E-state index >= 15 is 0 Å². The van der Waals surface area contributed by atoms with Crippen LogP contribution < -0.4 is 15.5 Å². The third-order valence-corrected chi connectivity index (χ3v) is 0.783. The maximum Gasteiger partial charge on any atom is 0.262 e. The van der Waals surface area contributed by atoms with Crippen LogP contribution in [0.1, 0.15) is 12.8 Å². The summed E-state index contributed by atoms with van der Waals surface area (Å²) in [6.45, 7) is 1.34. The molecule has 78 valence electrons. The lowest BCUT2D eigenvalue weighted by Crippen LogP contribution is -1.98. The fraction of sp³-hybridized carbons (Fsp3) is 1.00. The van der Waals surface area contributed by atoms with E-state index < -0.39 is 7.82 Å². The van der Waals surface area contributed by atoms with E-state index in [2.05, 4.69) is 10.0 Å². The molecule has 0 aromatic carbocycles. The quantitative estimate of drug-likeness (QED) is 0.197. The van der Waals surface area contributed by atoms with Crippen molar-refractivity contribution in [2.45, 2.75) is 12.8 Å². The van der Waals surface area contributed by atoms with Crippen molar-refractivity contribution < 1.29 is 19.2 Å². The summed E-state index contributed by atoms with van der Waals surface area (Å²) in [6, 6.07) is 0. The maximum atomic E-state index is 8.77. The second-order valence-corrected chi connectivity index (χ2v) is 2.93. The second-order valence-electron chi connectivity index (χ2n) is 1.95. The van der Waals surface area contributed by atoms with Crippen LogP contribution in [-0.2, 0) is 4.57 Å². The molecule has 0 saturated heterocycles. The van der Waals surface area contributed by atoms with Crippen molar-refractivity contribution in [3.63, 3.8) is 0 Å². The van der Waals surface area contributed by atoms with Crippen LogP contribution in [0, 0.1) is 5.53 Å². The van der Waals surface area contributed by atoms with Gasteiger partial charge in [-0.2, -0.15) is 0 Å². The molecule has 0 aliphatic carbocycles. The molecular formula is C4H13N4O4P. The number of nitrogens with two attached hydrogens (primary N) is 1. The van der Waals surface area contributed by atoms with Gasteiger partial charge in [0.25, 0.3) is 7.82 Å². The Morgan fingerprint density at radius 3 is 2.31 bits per heavy atom. The van der Waals surface area contributed by atoms with E-state index in [4.69, 9.17) is 30.5 Å². The number of nitrogens with one attached hydrogen (secondary N) is 1. The molecule has 9 heteroatoms. The first-order chi connectivity index (χ1) is 5.91. The molecule has 0 aliphatic heterocycles. The highest BCUT2D eigenvalue weighted by atomic mass is 31.2. The van der Waals surface area contributed by atoms with E-state index in [1.807, 2.05) is 0 Å². The summed E-state index contributed by atoms with van der Waals surface area (Å²) >= 11 is 0. The summed E-state index contributed by atoms with van der Waals surface area (Å²) in [7, 11) is -4.89. The average molecular weight is 212 g/mol. The van der Waals surface area contributed by atoms with Gasteiger partial charge in [0, 0.05) is 0 Å². The van der Waals surface area contributed by atoms with E-state index in [1.165, 1.54) is 0 Å². The first-order valence-corrected chi connectivity index (χ1v) is 4.94. The predicted octanol–water partition coefficient (Wildman–Crippen LogP) is -1.28. The van der Waals surface area contributed by atoms with Gasteiger partial charge in [0.05, 0.1) is 0 Å². The fourth-order valence-corrected chi connectivity index (χ4v) is 0.377. The first-order valence-electron chi connectivity index (χ1n) is 3.41. The summed E-state index contributed by atoms with van der Waals surface area (Å²) in [5.74, 6) is 0. The molecule has 0 radical (unpaired) electrons. The Bertz CT molecular complexity index is 190. The summed E-state index contributed by atoms with van der Waals surface area (Å²) in [5.41, 5.74) is 11.5. The first kappa shape index (κ1) is 14.9. The molecule has 0 saturated carbocycles. The number of hydrogen-bond donors (Lipinski definition) is 4. The van der Waals surface area contributed by atoms with Gasteiger partial charge in [-0.05, 0) is 19.4 Å². The second kappa shape index (κ2) is 9.47. The molecule has 8 nitrogen and oxygen atoms in total. The lowest BCUT2D eigenvalue weighted by atomic mass is 10.3. The lowest BCUT2D eigenvalue weighted by molar-refractivity contribution is -0.214. The molecule has 0 aromatic rings. The molecule has 0 unspecified atom stereocenters. The topological polar surface area (TPSA) is 157 Å². The Balaban J connectivity index is 0. The molecule has 0 aromatic heterocycles. The van der Waals surface area contributed by atoms with Gasteiger partial charge in [0.2, 0.25) is 4.91 Å². The monoisotopic (exact) mass is 212 g/mol. The zero-order chi connectivity index (χ0) is 10.7. The number of phosphoric acid groups is 1. The highest BCUT2D eigenvalue weighted by Gasteiger charge is 1.85. The minimum atomic E-state index is -4.89. The standard InChI is InChI=1S/C4H11N4.H3O4P/c5-3-1-2-4-7-8-6;1-5(2,3)4/h6H,1-5H2;(H3,1,2,3,4)/q+1;/p-1. The van der Waals surface area contributed by atoms with Gasteiger partial charge in [0.1, 0.15) is 17.2 Å². The van der Waals surface area contributed by atoms with Crippen molar-refractivity contribution in [1.82, 2.24) is 4.91 Å². The normalized spacial score (nSPS) is 9.54. The maximum absolute atomic E-state index is 8.77. The zero-order valence-corrected chi connectivity index (χ0v) is 7.85. The zero-order valence-electron chi connectivity index (χ0n) is 6.96. The third-order valence-electron chi connectivity index (χ3n) is 0.783. The summed E-state index contributed by atoms with van der Waals surface area (Å²) < 4.78 is 8.77. The molecule has 0 bridgehead atoms. The van der Waals surface area contributed by atoms with Gasteiger partial charge >= 0.3 is 0 Å². The van der Waals surface area contributed by atoms with E-state index in [-0.39, 0.29) is 0 Å². The molecule has 0 amide bonds. The van der Waals surface area contributed by atoms with Crippen molar-refractivity contribution in [2.75, 3.05) is 13.1 Å². The summed E-state index contributed by atoms with van der Waals surface area (Å²) in [5, 5.41) is 3.45. The van der Waals surface area contributed by atoms with Crippen molar-refractivity contribution in [3.8, 4) is 0 Å². The molecule has 0 spiro atoms. The largest absolute Gasteiger partial charge is 0.756 e. The van der Waals surface area contributed by atoms with Crippen molar-refractivity contribution in [2.24, 2.45) is 10.8 Å². The van der Waals surface area contributed by atoms with E-state index in [0.717, 1.165) is 12.8 Å². The molecular weight excluding hydrogens is 199 g/mol. The van der Waals surface area contributed by atoms with Crippen molar-refractivity contribution >= 4 is 7.82 Å². The molecule has 0 fully saturated rings. The van der Waals surface area contributed by atoms with Gasteiger partial charge in [-0.3, -0.25) is 4.57 Å². The van der Waals surface area contributed by atoms with Crippen LogP contribution in [0.4, 0.5) is 0 Å². The number of hydrogen-bond acceptors (Lipinski definition) is 5. The van der Waals surface area contributed by atoms with E-state index in [9.17, 15) is 0 Å². The van der Waals surface area contributed by atoms with Crippen LogP contribution in [0.2, 0.25) is 0 Å². The molecule has 0 heterocycles. The van der Waals surface area contributed by atoms with E-state index in [0.29, 0.717) is 13.1 Å². The van der Waals surface area contributed by atoms with Crippen LogP contribution in [0.3, 0.4) is 0 Å². The molecule has 0 atom stereocenters. The Kier molecular flexibility index (Phi) is 10.8. The van der Waals surface area contributed by atoms with Crippen LogP contribution >= 0.6 is 7.82 Å². The Morgan fingerprint density at radius 2 is 2.00 bits per heavy atom. The third kappa shape index (κ3) is 52.2. The number of rotatable bonds is 4. The average Bonchev–Trinajstić information content (AvgIpc) is 1.95. The van der Waals surface area contributed by atoms with Gasteiger partial charge in [-0.25, -0.2) is 0 Å². The minimum absolute atomic E-state index is 0.640. The molecule has 13 heavy (non-hydrogen) atoms. The van der Waals surface area contributed by atoms with Crippen molar-refractivity contribution in [1.29, 1.82) is 5.53 Å². The van der Waals surface area contributed by atoms with E-state index in [1.54, 1.807) is 0 Å².